The second-order valence-electron chi connectivity index (χ2n) is 7.16. The van der Waals surface area contributed by atoms with Gasteiger partial charge in [-0.2, -0.15) is 0 Å². The number of benzene rings is 2. The van der Waals surface area contributed by atoms with E-state index in [1.54, 1.807) is 43.1 Å². The molecule has 2 aromatic carbocycles. The van der Waals surface area contributed by atoms with Gasteiger partial charge >= 0.3 is 0 Å². The van der Waals surface area contributed by atoms with Gasteiger partial charge < -0.3 is 4.42 Å². The first-order chi connectivity index (χ1) is 14.5. The molecule has 0 atom stereocenters. The van der Waals surface area contributed by atoms with Crippen LogP contribution in [0.4, 0.5) is 0 Å². The molecule has 0 fully saturated rings. The van der Waals surface area contributed by atoms with Gasteiger partial charge in [0.15, 0.2) is 15.5 Å². The van der Waals surface area contributed by atoms with Crippen LogP contribution in [-0.2, 0) is 22.7 Å². The second-order valence-corrected chi connectivity index (χ2v) is 9.17. The summed E-state index contributed by atoms with van der Waals surface area (Å²) in [6, 6.07) is 14.7. The summed E-state index contributed by atoms with van der Waals surface area (Å²) in [4.78, 5) is 4.93. The highest BCUT2D eigenvalue weighted by Crippen LogP contribution is 2.26. The molecule has 0 N–H and O–H groups in total. The van der Waals surface area contributed by atoms with Gasteiger partial charge in [-0.3, -0.25) is 4.40 Å². The number of aromatic nitrogens is 4. The summed E-state index contributed by atoms with van der Waals surface area (Å²) in [5.74, 6) is 0.854. The molecule has 0 bridgehead atoms. The molecule has 0 saturated heterocycles. The number of furan rings is 1. The average molecular weight is 418 g/mol. The summed E-state index contributed by atoms with van der Waals surface area (Å²) < 4.78 is 30.8. The van der Waals surface area contributed by atoms with Gasteiger partial charge in [-0.15, -0.1) is 10.2 Å². The maximum atomic E-state index is 11.7. The van der Waals surface area contributed by atoms with E-state index in [4.69, 9.17) is 4.42 Å². The first-order valence-corrected chi connectivity index (χ1v) is 11.3. The highest BCUT2D eigenvalue weighted by molar-refractivity contribution is 7.90. The van der Waals surface area contributed by atoms with E-state index < -0.39 is 9.84 Å². The van der Waals surface area contributed by atoms with Gasteiger partial charge in [0.25, 0.3) is 0 Å². The van der Waals surface area contributed by atoms with Gasteiger partial charge in [-0.05, 0) is 41.8 Å². The van der Waals surface area contributed by atoms with E-state index in [-0.39, 0.29) is 4.90 Å². The number of hydrogen-bond donors (Lipinski definition) is 0. The topological polar surface area (TPSA) is 90.4 Å². The smallest absolute Gasteiger partial charge is 0.175 e. The lowest BCUT2D eigenvalue weighted by Crippen LogP contribution is -2.04. The van der Waals surface area contributed by atoms with Crippen molar-refractivity contribution in [2.45, 2.75) is 17.7 Å². The van der Waals surface area contributed by atoms with Gasteiger partial charge in [-0.25, -0.2) is 13.4 Å². The third kappa shape index (κ3) is 3.25. The zero-order chi connectivity index (χ0) is 20.7. The van der Waals surface area contributed by atoms with Crippen molar-refractivity contribution < 1.29 is 12.8 Å². The molecular weight excluding hydrogens is 400 g/mol. The molecule has 0 aliphatic carbocycles. The molecule has 7 nitrogen and oxygen atoms in total. The number of nitrogens with zero attached hydrogens (tertiary/aromatic N) is 4. The van der Waals surface area contributed by atoms with Crippen molar-refractivity contribution in [3.05, 3.63) is 78.7 Å². The Morgan fingerprint density at radius 1 is 1.03 bits per heavy atom. The largest absolute Gasteiger partial charge is 0.464 e. The molecule has 5 aromatic rings. The highest BCUT2D eigenvalue weighted by Gasteiger charge is 2.13. The van der Waals surface area contributed by atoms with Crippen molar-refractivity contribution >= 4 is 26.5 Å². The van der Waals surface area contributed by atoms with Crippen LogP contribution < -0.4 is 0 Å². The zero-order valence-electron chi connectivity index (χ0n) is 16.2. The van der Waals surface area contributed by atoms with Crippen LogP contribution in [0.3, 0.4) is 0 Å². The lowest BCUT2D eigenvalue weighted by molar-refractivity contribution is 0.602. The maximum Gasteiger partial charge on any atom is 0.175 e. The van der Waals surface area contributed by atoms with Crippen molar-refractivity contribution in [1.29, 1.82) is 0 Å². The molecule has 0 aliphatic heterocycles. The lowest BCUT2D eigenvalue weighted by atomic mass is 10.0. The first kappa shape index (κ1) is 18.5. The first-order valence-electron chi connectivity index (χ1n) is 9.44. The minimum absolute atomic E-state index is 0.279. The maximum absolute atomic E-state index is 11.7. The SMILES string of the molecule is CS(=O)(=O)c1ccc(-c2cnc(CCc3cccc4occc34)n3cnnc23)cc1. The second kappa shape index (κ2) is 7.07. The molecule has 0 saturated carbocycles. The summed E-state index contributed by atoms with van der Waals surface area (Å²) in [5.41, 5.74) is 4.40. The molecule has 3 aromatic heterocycles. The number of rotatable bonds is 5. The van der Waals surface area contributed by atoms with Crippen molar-refractivity contribution in [2.75, 3.05) is 6.26 Å². The normalized spacial score (nSPS) is 12.0. The molecule has 5 rings (SSSR count). The highest BCUT2D eigenvalue weighted by atomic mass is 32.2. The number of fused-ring (bicyclic) bond motifs is 2. The minimum atomic E-state index is -3.24. The van der Waals surface area contributed by atoms with Crippen molar-refractivity contribution in [3.63, 3.8) is 0 Å². The Hall–Kier alpha value is -3.52. The Morgan fingerprint density at radius 2 is 1.87 bits per heavy atom. The molecule has 150 valence electrons. The standard InChI is InChI=1S/C22H18N4O3S/c1-30(27,28)17-8-5-16(6-9-17)19-13-23-21(26-14-24-25-22(19)26)10-7-15-3-2-4-20-18(15)11-12-29-20/h2-6,8-9,11-14H,7,10H2,1H3. The van der Waals surface area contributed by atoms with Gasteiger partial charge in [-0.1, -0.05) is 24.3 Å². The van der Waals surface area contributed by atoms with Gasteiger partial charge in [0, 0.05) is 29.8 Å². The van der Waals surface area contributed by atoms with Crippen LogP contribution in [-0.4, -0.2) is 34.3 Å². The predicted octanol–water partition coefficient (Wildman–Crippen LogP) is 3.73. The molecular formula is C22H18N4O3S. The van der Waals surface area contributed by atoms with Gasteiger partial charge in [0.2, 0.25) is 0 Å². The van der Waals surface area contributed by atoms with Crippen LogP contribution in [0.5, 0.6) is 0 Å². The van der Waals surface area contributed by atoms with Gasteiger partial charge in [0.1, 0.15) is 17.7 Å². The van der Waals surface area contributed by atoms with Crippen LogP contribution in [0.15, 0.2) is 76.6 Å². The van der Waals surface area contributed by atoms with E-state index >= 15 is 0 Å². The van der Waals surface area contributed by atoms with E-state index in [1.165, 1.54) is 11.8 Å². The Bertz CT molecular complexity index is 1470. The molecule has 0 amide bonds. The lowest BCUT2D eigenvalue weighted by Gasteiger charge is -2.09. The summed E-state index contributed by atoms with van der Waals surface area (Å²) in [6.07, 6.45) is 7.84. The Labute approximate surface area is 172 Å². The summed E-state index contributed by atoms with van der Waals surface area (Å²) in [7, 11) is -3.24. The number of sulfone groups is 1. The molecule has 3 heterocycles. The zero-order valence-corrected chi connectivity index (χ0v) is 17.0. The average Bonchev–Trinajstić information content (AvgIpc) is 3.41. The fraction of sp³-hybridized carbons (Fsp3) is 0.136. The van der Waals surface area contributed by atoms with Crippen LogP contribution in [0.1, 0.15) is 11.4 Å². The quantitative estimate of drug-likeness (QED) is 0.432. The fourth-order valence-corrected chi connectivity index (χ4v) is 4.29. The van der Waals surface area contributed by atoms with E-state index in [0.717, 1.165) is 34.3 Å². The van der Waals surface area contributed by atoms with E-state index in [1.807, 2.05) is 22.6 Å². The van der Waals surface area contributed by atoms with Crippen LogP contribution >= 0.6 is 0 Å². The number of aryl methyl sites for hydroxylation is 2. The summed E-state index contributed by atoms with van der Waals surface area (Å²) >= 11 is 0. The molecule has 8 heteroatoms. The van der Waals surface area contributed by atoms with Crippen molar-refractivity contribution in [3.8, 4) is 11.1 Å². The molecule has 0 radical (unpaired) electrons. The van der Waals surface area contributed by atoms with E-state index in [9.17, 15) is 8.42 Å². The third-order valence-corrected chi connectivity index (χ3v) is 6.34. The summed E-state index contributed by atoms with van der Waals surface area (Å²) in [6.45, 7) is 0. The minimum Gasteiger partial charge on any atom is -0.464 e. The number of hydrogen-bond acceptors (Lipinski definition) is 6. The van der Waals surface area contributed by atoms with E-state index in [0.29, 0.717) is 12.1 Å². The molecule has 0 spiro atoms. The molecule has 30 heavy (non-hydrogen) atoms. The Balaban J connectivity index is 1.48. The van der Waals surface area contributed by atoms with Crippen LogP contribution in [0.25, 0.3) is 27.7 Å². The van der Waals surface area contributed by atoms with E-state index in [2.05, 4.69) is 21.2 Å². The Kier molecular flexibility index (Phi) is 4.36. The van der Waals surface area contributed by atoms with Crippen LogP contribution in [0.2, 0.25) is 0 Å². The van der Waals surface area contributed by atoms with Crippen molar-refractivity contribution in [2.24, 2.45) is 0 Å². The fourth-order valence-electron chi connectivity index (χ4n) is 3.66. The third-order valence-electron chi connectivity index (χ3n) is 5.21. The molecule has 0 aliphatic rings. The summed E-state index contributed by atoms with van der Waals surface area (Å²) in [5, 5.41) is 9.44. The predicted molar refractivity (Wildman–Crippen MR) is 113 cm³/mol. The Morgan fingerprint density at radius 3 is 2.67 bits per heavy atom. The van der Waals surface area contributed by atoms with Gasteiger partial charge in [0.05, 0.1) is 11.2 Å². The van der Waals surface area contributed by atoms with Crippen LogP contribution in [0, 0.1) is 0 Å². The molecule has 0 unspecified atom stereocenters. The van der Waals surface area contributed by atoms with Crippen molar-refractivity contribution in [1.82, 2.24) is 19.6 Å². The monoisotopic (exact) mass is 418 g/mol.